The fourth-order valence-electron chi connectivity index (χ4n) is 1.82. The Kier molecular flexibility index (Phi) is 3.26. The molecule has 0 amide bonds. The van der Waals surface area contributed by atoms with E-state index < -0.39 is 0 Å². The van der Waals surface area contributed by atoms with Crippen molar-refractivity contribution < 1.29 is 0 Å². The molecule has 2 unspecified atom stereocenters. The van der Waals surface area contributed by atoms with E-state index in [9.17, 15) is 0 Å². The number of rotatable bonds is 5. The smallest absolute Gasteiger partial charge is 0.185 e. The molecule has 0 spiro atoms. The quantitative estimate of drug-likeness (QED) is 0.830. The lowest BCUT2D eigenvalue weighted by atomic mass is 10.3. The van der Waals surface area contributed by atoms with Gasteiger partial charge in [-0.25, -0.2) is 4.98 Å². The van der Waals surface area contributed by atoms with E-state index >= 15 is 0 Å². The van der Waals surface area contributed by atoms with E-state index in [1.807, 2.05) is 7.05 Å². The monoisotopic (exact) mass is 225 g/mol. The zero-order valence-corrected chi connectivity index (χ0v) is 10.5. The molecule has 1 fully saturated rings. The van der Waals surface area contributed by atoms with Gasteiger partial charge in [-0.3, -0.25) is 0 Å². The van der Waals surface area contributed by atoms with Crippen LogP contribution in [0.25, 0.3) is 0 Å². The summed E-state index contributed by atoms with van der Waals surface area (Å²) in [5.41, 5.74) is 1.15. The third kappa shape index (κ3) is 2.69. The van der Waals surface area contributed by atoms with Crippen LogP contribution in [0, 0.1) is 11.8 Å². The molecule has 1 aliphatic rings. The van der Waals surface area contributed by atoms with Gasteiger partial charge in [0.15, 0.2) is 5.13 Å². The summed E-state index contributed by atoms with van der Waals surface area (Å²) in [4.78, 5) is 6.88. The Morgan fingerprint density at radius 2 is 2.40 bits per heavy atom. The van der Waals surface area contributed by atoms with Crippen molar-refractivity contribution in [3.63, 3.8) is 0 Å². The van der Waals surface area contributed by atoms with Crippen molar-refractivity contribution in [3.8, 4) is 0 Å². The molecule has 1 N–H and O–H groups in total. The van der Waals surface area contributed by atoms with Gasteiger partial charge >= 0.3 is 0 Å². The lowest BCUT2D eigenvalue weighted by Crippen LogP contribution is -2.20. The maximum absolute atomic E-state index is 4.59. The van der Waals surface area contributed by atoms with Gasteiger partial charge in [0.05, 0.1) is 5.69 Å². The number of aromatic nitrogens is 1. The second kappa shape index (κ2) is 4.49. The maximum Gasteiger partial charge on any atom is 0.185 e. The van der Waals surface area contributed by atoms with Crippen LogP contribution < -0.4 is 10.2 Å². The molecule has 4 heteroatoms. The van der Waals surface area contributed by atoms with E-state index in [0.29, 0.717) is 0 Å². The predicted octanol–water partition coefficient (Wildman–Crippen LogP) is 1.95. The fraction of sp³-hybridized carbons (Fsp3) is 0.727. The molecule has 2 atom stereocenters. The number of thiazole rings is 1. The molecule has 0 bridgehead atoms. The average molecular weight is 225 g/mol. The Balaban J connectivity index is 1.90. The van der Waals surface area contributed by atoms with E-state index in [0.717, 1.165) is 35.8 Å². The van der Waals surface area contributed by atoms with Crippen molar-refractivity contribution >= 4 is 16.5 Å². The second-order valence-corrected chi connectivity index (χ2v) is 5.34. The summed E-state index contributed by atoms with van der Waals surface area (Å²) < 4.78 is 0. The van der Waals surface area contributed by atoms with E-state index in [1.54, 1.807) is 11.3 Å². The van der Waals surface area contributed by atoms with E-state index in [4.69, 9.17) is 0 Å². The molecular weight excluding hydrogens is 206 g/mol. The topological polar surface area (TPSA) is 28.2 Å². The lowest BCUT2D eigenvalue weighted by molar-refractivity contribution is 0.720. The summed E-state index contributed by atoms with van der Waals surface area (Å²) >= 11 is 1.74. The Bertz CT molecular complexity index is 323. The molecule has 3 nitrogen and oxygen atoms in total. The average Bonchev–Trinajstić information content (AvgIpc) is 2.72. The standard InChI is InChI=1S/C11H19N3S/c1-8-4-9(8)6-14(3)11-13-10(5-12-2)7-15-11/h7-9,12H,4-6H2,1-3H3. The summed E-state index contributed by atoms with van der Waals surface area (Å²) in [6, 6.07) is 0. The third-order valence-corrected chi connectivity index (χ3v) is 4.01. The molecule has 84 valence electrons. The zero-order chi connectivity index (χ0) is 10.8. The highest BCUT2D eigenvalue weighted by atomic mass is 32.1. The number of hydrogen-bond acceptors (Lipinski definition) is 4. The Hall–Kier alpha value is -0.610. The van der Waals surface area contributed by atoms with Crippen LogP contribution in [0.1, 0.15) is 19.0 Å². The highest BCUT2D eigenvalue weighted by Crippen LogP contribution is 2.38. The highest BCUT2D eigenvalue weighted by Gasteiger charge is 2.33. The minimum absolute atomic E-state index is 0.865. The van der Waals surface area contributed by atoms with Crippen molar-refractivity contribution in [2.45, 2.75) is 19.9 Å². The molecule has 1 aromatic rings. The van der Waals surface area contributed by atoms with E-state index in [-0.39, 0.29) is 0 Å². The fourth-order valence-corrected chi connectivity index (χ4v) is 2.62. The van der Waals surface area contributed by atoms with Crippen LogP contribution in [0.4, 0.5) is 5.13 Å². The highest BCUT2D eigenvalue weighted by molar-refractivity contribution is 7.13. The molecule has 1 saturated carbocycles. The Morgan fingerprint density at radius 3 is 3.00 bits per heavy atom. The van der Waals surface area contributed by atoms with Crippen LogP contribution in [0.3, 0.4) is 0 Å². The Labute approximate surface area is 95.5 Å². The van der Waals surface area contributed by atoms with Crippen molar-refractivity contribution in [2.75, 3.05) is 25.5 Å². The van der Waals surface area contributed by atoms with Crippen molar-refractivity contribution in [3.05, 3.63) is 11.1 Å². The summed E-state index contributed by atoms with van der Waals surface area (Å²) in [5, 5.41) is 6.41. The van der Waals surface area contributed by atoms with Gasteiger partial charge in [-0.05, 0) is 25.3 Å². The number of hydrogen-bond donors (Lipinski definition) is 1. The van der Waals surface area contributed by atoms with Gasteiger partial charge in [0, 0.05) is 25.5 Å². The number of nitrogens with one attached hydrogen (secondary N) is 1. The molecule has 1 aliphatic carbocycles. The normalized spacial score (nSPS) is 24.2. The van der Waals surface area contributed by atoms with E-state index in [1.165, 1.54) is 6.42 Å². The van der Waals surface area contributed by atoms with Gasteiger partial charge in [0.25, 0.3) is 0 Å². The summed E-state index contributed by atoms with van der Waals surface area (Å²) in [6.07, 6.45) is 1.39. The third-order valence-electron chi connectivity index (χ3n) is 3.01. The Morgan fingerprint density at radius 1 is 1.67 bits per heavy atom. The van der Waals surface area contributed by atoms with Crippen LogP contribution in [0.2, 0.25) is 0 Å². The largest absolute Gasteiger partial charge is 0.351 e. The van der Waals surface area contributed by atoms with Gasteiger partial charge in [-0.1, -0.05) is 6.92 Å². The van der Waals surface area contributed by atoms with Crippen LogP contribution in [-0.4, -0.2) is 25.6 Å². The lowest BCUT2D eigenvalue weighted by Gasteiger charge is -2.14. The summed E-state index contributed by atoms with van der Waals surface area (Å²) in [5.74, 6) is 1.82. The first-order chi connectivity index (χ1) is 7.20. The first-order valence-electron chi connectivity index (χ1n) is 5.51. The minimum Gasteiger partial charge on any atom is -0.351 e. The SMILES string of the molecule is CNCc1csc(N(C)CC2CC2C)n1. The summed E-state index contributed by atoms with van der Waals surface area (Å²) in [6.45, 7) is 4.35. The van der Waals surface area contributed by atoms with Crippen LogP contribution in [0.5, 0.6) is 0 Å². The second-order valence-electron chi connectivity index (χ2n) is 4.51. The van der Waals surface area contributed by atoms with Crippen molar-refractivity contribution in [2.24, 2.45) is 11.8 Å². The summed E-state index contributed by atoms with van der Waals surface area (Å²) in [7, 11) is 4.10. The molecule has 1 aromatic heterocycles. The van der Waals surface area contributed by atoms with Crippen LogP contribution >= 0.6 is 11.3 Å². The molecule has 2 rings (SSSR count). The van der Waals surface area contributed by atoms with Gasteiger partial charge in [0.2, 0.25) is 0 Å². The minimum atomic E-state index is 0.865. The molecule has 0 saturated heterocycles. The molecule has 0 aliphatic heterocycles. The molecule has 1 heterocycles. The number of anilines is 1. The first-order valence-corrected chi connectivity index (χ1v) is 6.38. The maximum atomic E-state index is 4.59. The van der Waals surface area contributed by atoms with Crippen molar-refractivity contribution in [1.82, 2.24) is 10.3 Å². The molecule has 0 aromatic carbocycles. The number of nitrogens with zero attached hydrogens (tertiary/aromatic N) is 2. The van der Waals surface area contributed by atoms with Crippen molar-refractivity contribution in [1.29, 1.82) is 0 Å². The molecule has 15 heavy (non-hydrogen) atoms. The van der Waals surface area contributed by atoms with Crippen LogP contribution in [0.15, 0.2) is 5.38 Å². The van der Waals surface area contributed by atoms with Gasteiger partial charge < -0.3 is 10.2 Å². The first kappa shape index (κ1) is 10.9. The van der Waals surface area contributed by atoms with Gasteiger partial charge in [-0.2, -0.15) is 0 Å². The van der Waals surface area contributed by atoms with Crippen LogP contribution in [-0.2, 0) is 6.54 Å². The van der Waals surface area contributed by atoms with Gasteiger partial charge in [-0.15, -0.1) is 11.3 Å². The molecular formula is C11H19N3S. The zero-order valence-electron chi connectivity index (χ0n) is 9.66. The van der Waals surface area contributed by atoms with E-state index in [2.05, 4.69) is 34.6 Å². The molecule has 0 radical (unpaired) electrons. The van der Waals surface area contributed by atoms with Gasteiger partial charge in [0.1, 0.15) is 0 Å². The predicted molar refractivity (Wildman–Crippen MR) is 65.4 cm³/mol.